The number of carbonyl (C=O) groups excluding carboxylic acids is 1. The zero-order valence-corrected chi connectivity index (χ0v) is 11.9. The molecule has 0 atom stereocenters. The third kappa shape index (κ3) is 2.43. The summed E-state index contributed by atoms with van der Waals surface area (Å²) in [5.41, 5.74) is 2.74. The van der Waals surface area contributed by atoms with Gasteiger partial charge in [0, 0.05) is 36.0 Å². The molecule has 1 aliphatic rings. The van der Waals surface area contributed by atoms with Gasteiger partial charge in [0.2, 0.25) is 0 Å². The number of aromatic nitrogens is 1. The molecule has 1 aliphatic heterocycles. The fraction of sp³-hybridized carbons (Fsp3) is 0.214. The fourth-order valence-corrected chi connectivity index (χ4v) is 2.65. The number of nitrogens with one attached hydrogen (secondary N) is 2. The molecule has 3 rings (SSSR count). The highest BCUT2D eigenvalue weighted by Gasteiger charge is 2.22. The molecular weight excluding hydrogens is 306 g/mol. The maximum Gasteiger partial charge on any atom is 0.274 e. The molecule has 0 bridgehead atoms. The van der Waals surface area contributed by atoms with Crippen molar-refractivity contribution in [1.82, 2.24) is 10.3 Å². The van der Waals surface area contributed by atoms with Crippen molar-refractivity contribution < 1.29 is 4.79 Å². The lowest BCUT2D eigenvalue weighted by Gasteiger charge is -2.21. The number of halogens is 1. The van der Waals surface area contributed by atoms with E-state index in [-0.39, 0.29) is 5.91 Å². The van der Waals surface area contributed by atoms with E-state index in [0.29, 0.717) is 12.2 Å². The zero-order valence-electron chi connectivity index (χ0n) is 10.3. The van der Waals surface area contributed by atoms with Crippen LogP contribution < -0.4 is 10.2 Å². The predicted octanol–water partition coefficient (Wildman–Crippen LogP) is 2.53. The van der Waals surface area contributed by atoms with Crippen LogP contribution in [0.25, 0.3) is 0 Å². The Kier molecular flexibility index (Phi) is 3.40. The summed E-state index contributed by atoms with van der Waals surface area (Å²) in [6.07, 6.45) is 1.77. The average Bonchev–Trinajstić information content (AvgIpc) is 2.74. The van der Waals surface area contributed by atoms with E-state index >= 15 is 0 Å². The minimum absolute atomic E-state index is 0.00171. The normalized spacial score (nSPS) is 14.9. The first-order valence-electron chi connectivity index (χ1n) is 6.20. The van der Waals surface area contributed by atoms with Gasteiger partial charge in [-0.15, -0.1) is 0 Å². The Morgan fingerprint density at radius 3 is 2.95 bits per heavy atom. The SMILES string of the molecule is O=C(c1cc(Br)c[nH]1)N1CCNCc2ccccc21. The Hall–Kier alpha value is -1.59. The summed E-state index contributed by atoms with van der Waals surface area (Å²) in [5.74, 6) is 0.00171. The molecule has 0 aliphatic carbocycles. The van der Waals surface area contributed by atoms with E-state index < -0.39 is 0 Å². The van der Waals surface area contributed by atoms with E-state index in [1.807, 2.05) is 29.2 Å². The van der Waals surface area contributed by atoms with Crippen LogP contribution in [-0.2, 0) is 6.54 Å². The van der Waals surface area contributed by atoms with Gasteiger partial charge in [-0.3, -0.25) is 4.79 Å². The fourth-order valence-electron chi connectivity index (χ4n) is 2.31. The lowest BCUT2D eigenvalue weighted by molar-refractivity contribution is 0.0983. The van der Waals surface area contributed by atoms with Crippen LogP contribution in [0.2, 0.25) is 0 Å². The largest absolute Gasteiger partial charge is 0.356 e. The lowest BCUT2D eigenvalue weighted by atomic mass is 10.1. The molecule has 1 amide bonds. The number of fused-ring (bicyclic) bond motifs is 1. The molecule has 2 N–H and O–H groups in total. The number of hydrogen-bond donors (Lipinski definition) is 2. The van der Waals surface area contributed by atoms with Gasteiger partial charge in [0.05, 0.1) is 0 Å². The second-order valence-electron chi connectivity index (χ2n) is 4.49. The topological polar surface area (TPSA) is 48.1 Å². The third-order valence-corrected chi connectivity index (χ3v) is 3.69. The van der Waals surface area contributed by atoms with Crippen LogP contribution in [0.3, 0.4) is 0 Å². The highest BCUT2D eigenvalue weighted by atomic mass is 79.9. The highest BCUT2D eigenvalue weighted by Crippen LogP contribution is 2.24. The number of benzene rings is 1. The minimum Gasteiger partial charge on any atom is -0.356 e. The molecule has 2 heterocycles. The summed E-state index contributed by atoms with van der Waals surface area (Å²) in [7, 11) is 0. The standard InChI is InChI=1S/C14H14BrN3O/c15-11-7-12(17-9-11)14(19)18-6-5-16-8-10-3-1-2-4-13(10)18/h1-4,7,9,16-17H,5-6,8H2. The van der Waals surface area contributed by atoms with Crippen molar-refractivity contribution in [2.24, 2.45) is 0 Å². The first-order chi connectivity index (χ1) is 9.25. The molecule has 0 radical (unpaired) electrons. The van der Waals surface area contributed by atoms with Crippen molar-refractivity contribution >= 4 is 27.5 Å². The van der Waals surface area contributed by atoms with Crippen molar-refractivity contribution in [3.8, 4) is 0 Å². The second-order valence-corrected chi connectivity index (χ2v) is 5.41. The van der Waals surface area contributed by atoms with Gasteiger partial charge in [-0.1, -0.05) is 18.2 Å². The van der Waals surface area contributed by atoms with Crippen molar-refractivity contribution in [3.05, 3.63) is 52.3 Å². The summed E-state index contributed by atoms with van der Waals surface area (Å²) in [6, 6.07) is 9.83. The Morgan fingerprint density at radius 1 is 1.32 bits per heavy atom. The third-order valence-electron chi connectivity index (χ3n) is 3.23. The molecule has 1 aromatic carbocycles. The van der Waals surface area contributed by atoms with Crippen LogP contribution in [0.15, 0.2) is 41.0 Å². The Bertz CT molecular complexity index is 608. The number of hydrogen-bond acceptors (Lipinski definition) is 2. The number of H-pyrrole nitrogens is 1. The van der Waals surface area contributed by atoms with E-state index in [1.165, 1.54) is 0 Å². The minimum atomic E-state index is 0.00171. The summed E-state index contributed by atoms with van der Waals surface area (Å²) in [4.78, 5) is 17.4. The van der Waals surface area contributed by atoms with Gasteiger partial charge >= 0.3 is 0 Å². The molecule has 5 heteroatoms. The van der Waals surface area contributed by atoms with E-state index in [2.05, 4.69) is 32.3 Å². The molecule has 0 saturated carbocycles. The van der Waals surface area contributed by atoms with Gasteiger partial charge in [0.15, 0.2) is 0 Å². The summed E-state index contributed by atoms with van der Waals surface area (Å²) < 4.78 is 0.886. The molecule has 19 heavy (non-hydrogen) atoms. The van der Waals surface area contributed by atoms with Crippen LogP contribution in [0, 0.1) is 0 Å². The molecular formula is C14H14BrN3O. The number of nitrogens with zero attached hydrogens (tertiary/aromatic N) is 1. The summed E-state index contributed by atoms with van der Waals surface area (Å²) >= 11 is 3.36. The average molecular weight is 320 g/mol. The smallest absolute Gasteiger partial charge is 0.274 e. The monoisotopic (exact) mass is 319 g/mol. The Morgan fingerprint density at radius 2 is 2.16 bits per heavy atom. The molecule has 0 unspecified atom stereocenters. The number of carbonyl (C=O) groups is 1. The van der Waals surface area contributed by atoms with Gasteiger partial charge in [0.1, 0.15) is 5.69 Å². The molecule has 1 aromatic heterocycles. The number of amides is 1. The summed E-state index contributed by atoms with van der Waals surface area (Å²) in [5, 5.41) is 3.33. The quantitative estimate of drug-likeness (QED) is 0.848. The van der Waals surface area contributed by atoms with Crippen molar-refractivity contribution in [2.45, 2.75) is 6.54 Å². The van der Waals surface area contributed by atoms with Crippen LogP contribution in [-0.4, -0.2) is 24.0 Å². The molecule has 0 fully saturated rings. The second kappa shape index (κ2) is 5.19. The number of aromatic amines is 1. The first kappa shape index (κ1) is 12.4. The van der Waals surface area contributed by atoms with Crippen molar-refractivity contribution in [1.29, 1.82) is 0 Å². The Labute approximate surface area is 119 Å². The van der Waals surface area contributed by atoms with E-state index in [0.717, 1.165) is 28.8 Å². The van der Waals surface area contributed by atoms with E-state index in [4.69, 9.17) is 0 Å². The maximum absolute atomic E-state index is 12.6. The maximum atomic E-state index is 12.6. The van der Waals surface area contributed by atoms with Crippen LogP contribution in [0.1, 0.15) is 16.1 Å². The van der Waals surface area contributed by atoms with Gasteiger partial charge in [-0.2, -0.15) is 0 Å². The van der Waals surface area contributed by atoms with E-state index in [1.54, 1.807) is 6.20 Å². The van der Waals surface area contributed by atoms with Gasteiger partial charge in [0.25, 0.3) is 5.91 Å². The van der Waals surface area contributed by atoms with Crippen molar-refractivity contribution in [3.63, 3.8) is 0 Å². The number of rotatable bonds is 1. The predicted molar refractivity (Wildman–Crippen MR) is 78.3 cm³/mol. The Balaban J connectivity index is 1.98. The molecule has 98 valence electrons. The number of anilines is 1. The molecule has 4 nitrogen and oxygen atoms in total. The number of para-hydroxylation sites is 1. The summed E-state index contributed by atoms with van der Waals surface area (Å²) in [6.45, 7) is 2.27. The zero-order chi connectivity index (χ0) is 13.2. The van der Waals surface area contributed by atoms with Gasteiger partial charge in [-0.05, 0) is 33.6 Å². The van der Waals surface area contributed by atoms with Crippen LogP contribution in [0.4, 0.5) is 5.69 Å². The molecule has 0 spiro atoms. The van der Waals surface area contributed by atoms with Crippen molar-refractivity contribution in [2.75, 3.05) is 18.0 Å². The van der Waals surface area contributed by atoms with E-state index in [9.17, 15) is 4.79 Å². The van der Waals surface area contributed by atoms with Gasteiger partial charge < -0.3 is 15.2 Å². The first-order valence-corrected chi connectivity index (χ1v) is 6.99. The lowest BCUT2D eigenvalue weighted by Crippen LogP contribution is -2.34. The molecule has 2 aromatic rings. The molecule has 0 saturated heterocycles. The highest BCUT2D eigenvalue weighted by molar-refractivity contribution is 9.10. The van der Waals surface area contributed by atoms with Crippen LogP contribution in [0.5, 0.6) is 0 Å². The van der Waals surface area contributed by atoms with Crippen LogP contribution >= 0.6 is 15.9 Å². The van der Waals surface area contributed by atoms with Gasteiger partial charge in [-0.25, -0.2) is 0 Å².